The van der Waals surface area contributed by atoms with Crippen LogP contribution in [0.3, 0.4) is 0 Å². The van der Waals surface area contributed by atoms with E-state index in [0.717, 1.165) is 18.7 Å². The summed E-state index contributed by atoms with van der Waals surface area (Å²) in [6.45, 7) is 2.21. The molecule has 0 radical (unpaired) electrons. The number of likely N-dealkylation sites (N-methyl/N-ethyl adjacent to an activating group) is 2. The number of hydrogen-bond acceptors (Lipinski definition) is 3. The van der Waals surface area contributed by atoms with Gasteiger partial charge in [-0.25, -0.2) is 0 Å². The van der Waals surface area contributed by atoms with Gasteiger partial charge in [-0.3, -0.25) is 0 Å². The number of aliphatic hydroxyl groups is 1. The Morgan fingerprint density at radius 1 is 1.14 bits per heavy atom. The van der Waals surface area contributed by atoms with E-state index in [1.807, 2.05) is 6.07 Å². The van der Waals surface area contributed by atoms with E-state index in [2.05, 4.69) is 36.0 Å². The molecule has 1 heterocycles. The van der Waals surface area contributed by atoms with Gasteiger partial charge >= 0.3 is 0 Å². The van der Waals surface area contributed by atoms with Crippen LogP contribution in [0.15, 0.2) is 18.2 Å². The third kappa shape index (κ3) is 1.44. The van der Waals surface area contributed by atoms with Crippen LogP contribution in [0.25, 0.3) is 0 Å². The van der Waals surface area contributed by atoms with Gasteiger partial charge in [-0.15, -0.1) is 0 Å². The van der Waals surface area contributed by atoms with E-state index in [-0.39, 0.29) is 6.61 Å². The van der Waals surface area contributed by atoms with Gasteiger partial charge in [0.1, 0.15) is 0 Å². The Labute approximate surface area is 84.6 Å². The maximum Gasteiger partial charge on any atom is 0.0682 e. The Balaban J connectivity index is 2.45. The van der Waals surface area contributed by atoms with Crippen molar-refractivity contribution in [3.8, 4) is 0 Å². The second kappa shape index (κ2) is 3.50. The van der Waals surface area contributed by atoms with Gasteiger partial charge in [-0.1, -0.05) is 6.07 Å². The van der Waals surface area contributed by atoms with Crippen molar-refractivity contribution in [2.45, 2.75) is 6.61 Å². The van der Waals surface area contributed by atoms with E-state index in [0.29, 0.717) is 0 Å². The molecule has 1 N–H and O–H groups in total. The van der Waals surface area contributed by atoms with E-state index >= 15 is 0 Å². The molecule has 0 atom stereocenters. The fourth-order valence-electron chi connectivity index (χ4n) is 1.84. The highest BCUT2D eigenvalue weighted by molar-refractivity contribution is 5.73. The lowest BCUT2D eigenvalue weighted by molar-refractivity contribution is 0.282. The standard InChI is InChI=1S/C11H16N2O/c1-12-5-6-13(2)11-7-9(8-14)3-4-10(11)12/h3-4,7,14H,5-6,8H2,1-2H3. The summed E-state index contributed by atoms with van der Waals surface area (Å²) in [5, 5.41) is 9.06. The summed E-state index contributed by atoms with van der Waals surface area (Å²) in [5.41, 5.74) is 3.44. The van der Waals surface area contributed by atoms with Crippen molar-refractivity contribution in [2.75, 3.05) is 37.0 Å². The van der Waals surface area contributed by atoms with Crippen molar-refractivity contribution in [1.82, 2.24) is 0 Å². The molecule has 0 fully saturated rings. The highest BCUT2D eigenvalue weighted by Gasteiger charge is 2.17. The Bertz CT molecular complexity index is 338. The van der Waals surface area contributed by atoms with Crippen LogP contribution in [0, 0.1) is 0 Å². The molecule has 0 amide bonds. The molecule has 2 rings (SSSR count). The first-order valence-electron chi connectivity index (χ1n) is 4.88. The number of fused-ring (bicyclic) bond motifs is 1. The van der Waals surface area contributed by atoms with E-state index in [4.69, 9.17) is 5.11 Å². The minimum atomic E-state index is 0.116. The smallest absolute Gasteiger partial charge is 0.0682 e. The number of nitrogens with zero attached hydrogens (tertiary/aromatic N) is 2. The molecular formula is C11H16N2O. The lowest BCUT2D eigenvalue weighted by atomic mass is 10.1. The van der Waals surface area contributed by atoms with Gasteiger partial charge in [0, 0.05) is 27.2 Å². The van der Waals surface area contributed by atoms with Crippen molar-refractivity contribution in [3.05, 3.63) is 23.8 Å². The molecule has 14 heavy (non-hydrogen) atoms. The molecular weight excluding hydrogens is 176 g/mol. The van der Waals surface area contributed by atoms with Gasteiger partial charge in [0.15, 0.2) is 0 Å². The van der Waals surface area contributed by atoms with Crippen LogP contribution in [0.4, 0.5) is 11.4 Å². The first-order chi connectivity index (χ1) is 6.72. The topological polar surface area (TPSA) is 26.7 Å². The second-order valence-electron chi connectivity index (χ2n) is 3.82. The van der Waals surface area contributed by atoms with Gasteiger partial charge in [-0.05, 0) is 17.7 Å². The normalized spacial score (nSPS) is 15.6. The number of anilines is 2. The summed E-state index contributed by atoms with van der Waals surface area (Å²) in [6.07, 6.45) is 0. The zero-order valence-corrected chi connectivity index (χ0v) is 8.70. The summed E-state index contributed by atoms with van der Waals surface area (Å²) in [7, 11) is 4.19. The average molecular weight is 192 g/mol. The second-order valence-corrected chi connectivity index (χ2v) is 3.82. The van der Waals surface area contributed by atoms with Crippen LogP contribution in [0.5, 0.6) is 0 Å². The zero-order chi connectivity index (χ0) is 10.1. The van der Waals surface area contributed by atoms with E-state index in [1.54, 1.807) is 0 Å². The van der Waals surface area contributed by atoms with E-state index < -0.39 is 0 Å². The number of benzene rings is 1. The van der Waals surface area contributed by atoms with Crippen LogP contribution >= 0.6 is 0 Å². The molecule has 1 aliphatic rings. The average Bonchev–Trinajstić information content (AvgIpc) is 2.23. The Hall–Kier alpha value is -1.22. The molecule has 0 bridgehead atoms. The number of hydrogen-bond donors (Lipinski definition) is 1. The van der Waals surface area contributed by atoms with Crippen molar-refractivity contribution in [1.29, 1.82) is 0 Å². The molecule has 0 saturated carbocycles. The predicted molar refractivity (Wildman–Crippen MR) is 58.9 cm³/mol. The van der Waals surface area contributed by atoms with Crippen LogP contribution in [-0.4, -0.2) is 32.3 Å². The Kier molecular flexibility index (Phi) is 2.33. The Morgan fingerprint density at radius 3 is 2.43 bits per heavy atom. The monoisotopic (exact) mass is 192 g/mol. The molecule has 1 aliphatic heterocycles. The SMILES string of the molecule is CN1CCN(C)c2cc(CO)ccc21. The van der Waals surface area contributed by atoms with Crippen LogP contribution in [0.1, 0.15) is 5.56 Å². The van der Waals surface area contributed by atoms with Gasteiger partial charge in [0.25, 0.3) is 0 Å². The molecule has 3 nitrogen and oxygen atoms in total. The molecule has 0 aliphatic carbocycles. The molecule has 1 aromatic rings. The minimum absolute atomic E-state index is 0.116. The van der Waals surface area contributed by atoms with E-state index in [9.17, 15) is 0 Å². The first-order valence-corrected chi connectivity index (χ1v) is 4.88. The lowest BCUT2D eigenvalue weighted by Crippen LogP contribution is -2.36. The van der Waals surface area contributed by atoms with Crippen molar-refractivity contribution in [2.24, 2.45) is 0 Å². The molecule has 1 aromatic carbocycles. The Morgan fingerprint density at radius 2 is 1.79 bits per heavy atom. The number of rotatable bonds is 1. The summed E-state index contributed by atoms with van der Waals surface area (Å²) in [5.74, 6) is 0. The fourth-order valence-corrected chi connectivity index (χ4v) is 1.84. The highest BCUT2D eigenvalue weighted by atomic mass is 16.3. The van der Waals surface area contributed by atoms with Crippen molar-refractivity contribution < 1.29 is 5.11 Å². The highest BCUT2D eigenvalue weighted by Crippen LogP contribution is 2.31. The molecule has 0 saturated heterocycles. The largest absolute Gasteiger partial charge is 0.392 e. The minimum Gasteiger partial charge on any atom is -0.392 e. The summed E-state index contributed by atoms with van der Waals surface area (Å²) < 4.78 is 0. The van der Waals surface area contributed by atoms with Crippen molar-refractivity contribution >= 4 is 11.4 Å². The quantitative estimate of drug-likeness (QED) is 0.721. The molecule has 3 heteroatoms. The fraction of sp³-hybridized carbons (Fsp3) is 0.455. The zero-order valence-electron chi connectivity index (χ0n) is 8.70. The van der Waals surface area contributed by atoms with Crippen LogP contribution in [-0.2, 0) is 6.61 Å². The third-order valence-electron chi connectivity index (χ3n) is 2.82. The number of aliphatic hydroxyl groups excluding tert-OH is 1. The van der Waals surface area contributed by atoms with Gasteiger partial charge in [0.05, 0.1) is 18.0 Å². The first kappa shape index (κ1) is 9.34. The molecule has 0 unspecified atom stereocenters. The van der Waals surface area contributed by atoms with E-state index in [1.165, 1.54) is 11.4 Å². The molecule has 0 aromatic heterocycles. The summed E-state index contributed by atoms with van der Waals surface area (Å²) >= 11 is 0. The lowest BCUT2D eigenvalue weighted by Gasteiger charge is -2.34. The van der Waals surface area contributed by atoms with Gasteiger partial charge in [0.2, 0.25) is 0 Å². The maximum atomic E-state index is 9.06. The molecule has 0 spiro atoms. The van der Waals surface area contributed by atoms with Gasteiger partial charge < -0.3 is 14.9 Å². The summed E-state index contributed by atoms with van der Waals surface area (Å²) in [4.78, 5) is 4.48. The third-order valence-corrected chi connectivity index (χ3v) is 2.82. The van der Waals surface area contributed by atoms with Crippen molar-refractivity contribution in [3.63, 3.8) is 0 Å². The van der Waals surface area contributed by atoms with Crippen LogP contribution < -0.4 is 9.80 Å². The predicted octanol–water partition coefficient (Wildman–Crippen LogP) is 1.06. The summed E-state index contributed by atoms with van der Waals surface area (Å²) in [6, 6.07) is 6.12. The van der Waals surface area contributed by atoms with Crippen LogP contribution in [0.2, 0.25) is 0 Å². The maximum absolute atomic E-state index is 9.06. The molecule has 76 valence electrons. The van der Waals surface area contributed by atoms with Gasteiger partial charge in [-0.2, -0.15) is 0 Å².